The lowest BCUT2D eigenvalue weighted by atomic mass is 9.88. The minimum atomic E-state index is 0.982. The molecule has 2 aromatic carbocycles. The van der Waals surface area contributed by atoms with Crippen molar-refractivity contribution in [3.05, 3.63) is 84.1 Å². The summed E-state index contributed by atoms with van der Waals surface area (Å²) in [7, 11) is 1.73. The molecule has 0 heterocycles. The zero-order valence-corrected chi connectivity index (χ0v) is 13.5. The van der Waals surface area contributed by atoms with Gasteiger partial charge in [0.25, 0.3) is 0 Å². The third-order valence-electron chi connectivity index (χ3n) is 3.73. The lowest BCUT2D eigenvalue weighted by molar-refractivity contribution is 0.943. The molecule has 0 unspecified atom stereocenters. The SMILES string of the molecule is C=C=Cc1ccc(-c2ccc(C/C=C\CCC[B]N)cc2)cc1. The van der Waals surface area contributed by atoms with Crippen LogP contribution in [0.5, 0.6) is 0 Å². The third kappa shape index (κ3) is 5.79. The Balaban J connectivity index is 1.92. The summed E-state index contributed by atoms with van der Waals surface area (Å²) in [6.07, 6.45) is 10.5. The largest absolute Gasteiger partial charge is 0.374 e. The van der Waals surface area contributed by atoms with Crippen LogP contribution >= 0.6 is 0 Å². The number of benzene rings is 2. The first kappa shape index (κ1) is 17.1. The molecule has 23 heavy (non-hydrogen) atoms. The normalized spacial score (nSPS) is 10.5. The summed E-state index contributed by atoms with van der Waals surface area (Å²) in [6, 6.07) is 17.2. The molecule has 0 saturated heterocycles. The molecule has 2 N–H and O–H groups in total. The molecule has 0 aliphatic rings. The van der Waals surface area contributed by atoms with Crippen molar-refractivity contribution < 1.29 is 0 Å². The minimum absolute atomic E-state index is 0.982. The van der Waals surface area contributed by atoms with Gasteiger partial charge in [0.1, 0.15) is 0 Å². The maximum atomic E-state index is 5.36. The van der Waals surface area contributed by atoms with Gasteiger partial charge in [-0.1, -0.05) is 80.0 Å². The Kier molecular flexibility index (Phi) is 7.19. The highest BCUT2D eigenvalue weighted by atomic mass is 14.3. The van der Waals surface area contributed by atoms with Crippen LogP contribution in [0.4, 0.5) is 0 Å². The fourth-order valence-corrected chi connectivity index (χ4v) is 2.41. The van der Waals surface area contributed by atoms with Crippen molar-refractivity contribution in [2.75, 3.05) is 0 Å². The van der Waals surface area contributed by atoms with Gasteiger partial charge in [-0.25, -0.2) is 0 Å². The summed E-state index contributed by atoms with van der Waals surface area (Å²) < 4.78 is 0. The Morgan fingerprint density at radius 2 is 1.61 bits per heavy atom. The van der Waals surface area contributed by atoms with Gasteiger partial charge in [-0.15, -0.1) is 5.73 Å². The molecule has 0 atom stereocenters. The second-order valence-electron chi connectivity index (χ2n) is 5.51. The summed E-state index contributed by atoms with van der Waals surface area (Å²) in [5, 5.41) is 0. The molecule has 0 aliphatic carbocycles. The molecule has 0 amide bonds. The molecule has 0 fully saturated rings. The van der Waals surface area contributed by atoms with E-state index >= 15 is 0 Å². The molecule has 0 spiro atoms. The van der Waals surface area contributed by atoms with Crippen LogP contribution < -0.4 is 5.64 Å². The fourth-order valence-electron chi connectivity index (χ4n) is 2.41. The van der Waals surface area contributed by atoms with Crippen LogP contribution in [0.25, 0.3) is 17.2 Å². The smallest absolute Gasteiger partial charge is 0.202 e. The summed E-state index contributed by atoms with van der Waals surface area (Å²) in [4.78, 5) is 0. The van der Waals surface area contributed by atoms with Crippen molar-refractivity contribution in [3.63, 3.8) is 0 Å². The highest BCUT2D eigenvalue weighted by Crippen LogP contribution is 2.21. The van der Waals surface area contributed by atoms with Gasteiger partial charge in [0.15, 0.2) is 0 Å². The summed E-state index contributed by atoms with van der Waals surface area (Å²) in [5.74, 6) is 0. The van der Waals surface area contributed by atoms with Gasteiger partial charge in [-0.3, -0.25) is 0 Å². The molecule has 1 nitrogen and oxygen atoms in total. The van der Waals surface area contributed by atoms with E-state index in [4.69, 9.17) is 5.64 Å². The van der Waals surface area contributed by atoms with Gasteiger partial charge in [-0.2, -0.15) is 0 Å². The summed E-state index contributed by atoms with van der Waals surface area (Å²) >= 11 is 0. The van der Waals surface area contributed by atoms with Crippen molar-refractivity contribution in [1.29, 1.82) is 0 Å². The van der Waals surface area contributed by atoms with E-state index in [0.29, 0.717) is 0 Å². The number of hydrogen-bond acceptors (Lipinski definition) is 1. The lowest BCUT2D eigenvalue weighted by Crippen LogP contribution is -2.02. The molecule has 115 valence electrons. The van der Waals surface area contributed by atoms with E-state index in [9.17, 15) is 0 Å². The lowest BCUT2D eigenvalue weighted by Gasteiger charge is -2.04. The summed E-state index contributed by atoms with van der Waals surface area (Å²) in [6.45, 7) is 3.60. The topological polar surface area (TPSA) is 26.0 Å². The predicted octanol–water partition coefficient (Wildman–Crippen LogP) is 5.03. The van der Waals surface area contributed by atoms with Crippen LogP contribution in [0.2, 0.25) is 6.32 Å². The van der Waals surface area contributed by atoms with Crippen LogP contribution in [-0.2, 0) is 6.42 Å². The van der Waals surface area contributed by atoms with E-state index < -0.39 is 0 Å². The zero-order valence-electron chi connectivity index (χ0n) is 13.5. The maximum absolute atomic E-state index is 5.36. The molecule has 0 aromatic heterocycles. The van der Waals surface area contributed by atoms with Gasteiger partial charge in [0, 0.05) is 0 Å². The predicted molar refractivity (Wildman–Crippen MR) is 102 cm³/mol. The van der Waals surface area contributed by atoms with Gasteiger partial charge >= 0.3 is 0 Å². The molecule has 0 bridgehead atoms. The quantitative estimate of drug-likeness (QED) is 0.315. The number of rotatable bonds is 8. The Morgan fingerprint density at radius 1 is 0.957 bits per heavy atom. The average Bonchev–Trinajstić information content (AvgIpc) is 2.60. The van der Waals surface area contributed by atoms with Crippen molar-refractivity contribution in [3.8, 4) is 11.1 Å². The fraction of sp³-hybridized carbons (Fsp3) is 0.190. The van der Waals surface area contributed by atoms with Gasteiger partial charge in [0.05, 0.1) is 0 Å². The molecular formula is C21H23BN. The second kappa shape index (κ2) is 9.68. The maximum Gasteiger partial charge on any atom is 0.202 e. The van der Waals surface area contributed by atoms with Crippen LogP contribution in [0.15, 0.2) is 73.0 Å². The first-order valence-corrected chi connectivity index (χ1v) is 8.07. The Hall–Kier alpha value is -2.28. The molecule has 0 saturated carbocycles. The minimum Gasteiger partial charge on any atom is -0.374 e. The second-order valence-corrected chi connectivity index (χ2v) is 5.51. The van der Waals surface area contributed by atoms with Crippen LogP contribution in [0.1, 0.15) is 24.0 Å². The third-order valence-corrected chi connectivity index (χ3v) is 3.73. The monoisotopic (exact) mass is 300 g/mol. The Labute approximate surface area is 140 Å². The highest BCUT2D eigenvalue weighted by Gasteiger charge is 1.98. The van der Waals surface area contributed by atoms with E-state index in [1.807, 2.05) is 6.08 Å². The van der Waals surface area contributed by atoms with Crippen molar-refractivity contribution in [2.24, 2.45) is 5.64 Å². The van der Waals surface area contributed by atoms with Crippen molar-refractivity contribution in [2.45, 2.75) is 25.6 Å². The average molecular weight is 300 g/mol. The molecule has 2 aromatic rings. The van der Waals surface area contributed by atoms with Gasteiger partial charge in [-0.05, 0) is 41.2 Å². The van der Waals surface area contributed by atoms with E-state index in [1.54, 1.807) is 7.41 Å². The van der Waals surface area contributed by atoms with Crippen molar-refractivity contribution in [1.82, 2.24) is 0 Å². The molecule has 2 heteroatoms. The highest BCUT2D eigenvalue weighted by molar-refractivity contribution is 6.30. The van der Waals surface area contributed by atoms with Crippen LogP contribution in [0.3, 0.4) is 0 Å². The van der Waals surface area contributed by atoms with Crippen LogP contribution in [0, 0.1) is 0 Å². The standard InChI is InChI=1S/C21H23BN/c1-2-7-18-9-13-20(14-10-18)21-15-11-19(12-16-21)8-5-3-4-6-17-22-23/h3,5,7,9-16H,1,4,6,8,17,23H2/b5-3-. The molecule has 1 radical (unpaired) electrons. The molecule has 0 aliphatic heterocycles. The number of hydrogen-bond donors (Lipinski definition) is 1. The first-order valence-electron chi connectivity index (χ1n) is 8.07. The van der Waals surface area contributed by atoms with E-state index in [0.717, 1.165) is 31.1 Å². The Morgan fingerprint density at radius 3 is 2.22 bits per heavy atom. The van der Waals surface area contributed by atoms with E-state index in [2.05, 4.69) is 73.0 Å². The van der Waals surface area contributed by atoms with Gasteiger partial charge in [0.2, 0.25) is 7.41 Å². The van der Waals surface area contributed by atoms with Gasteiger partial charge < -0.3 is 5.64 Å². The van der Waals surface area contributed by atoms with E-state index in [-0.39, 0.29) is 0 Å². The number of nitrogens with two attached hydrogens (primary N) is 1. The summed E-state index contributed by atoms with van der Waals surface area (Å²) in [5.41, 5.74) is 13.1. The molecular weight excluding hydrogens is 277 g/mol. The zero-order chi connectivity index (χ0) is 16.3. The Bertz CT molecular complexity index is 662. The number of unbranched alkanes of at least 4 members (excludes halogenated alkanes) is 1. The van der Waals surface area contributed by atoms with E-state index in [1.165, 1.54) is 16.7 Å². The van der Waals surface area contributed by atoms with Crippen molar-refractivity contribution >= 4 is 13.5 Å². The molecule has 2 rings (SSSR count). The van der Waals surface area contributed by atoms with Crippen LogP contribution in [-0.4, -0.2) is 7.41 Å². The first-order chi connectivity index (χ1) is 11.3. The number of allylic oxidation sites excluding steroid dienone is 2.